The van der Waals surface area contributed by atoms with Gasteiger partial charge >= 0.3 is 0 Å². The van der Waals surface area contributed by atoms with Crippen LogP contribution in [-0.2, 0) is 19.9 Å². The summed E-state index contributed by atoms with van der Waals surface area (Å²) in [6.45, 7) is 1.11. The molecule has 0 aliphatic rings. The van der Waals surface area contributed by atoms with E-state index >= 15 is 0 Å². The molecule has 0 aliphatic heterocycles. The number of ketones is 1. The first-order valence-electron chi connectivity index (χ1n) is 2.57. The van der Waals surface area contributed by atoms with Crippen LogP contribution in [0.4, 0.5) is 0 Å². The zero-order valence-electron chi connectivity index (χ0n) is 5.66. The quantitative estimate of drug-likeness (QED) is 0.422. The molecule has 0 aliphatic carbocycles. The van der Waals surface area contributed by atoms with Gasteiger partial charge in [-0.1, -0.05) is 0 Å². The third-order valence-corrected chi connectivity index (χ3v) is 1.13. The summed E-state index contributed by atoms with van der Waals surface area (Å²) in [7, 11) is -4.77. The van der Waals surface area contributed by atoms with E-state index in [9.17, 15) is 22.6 Å². The third-order valence-electron chi connectivity index (χ3n) is 0.648. The molecule has 0 heterocycles. The van der Waals surface area contributed by atoms with Gasteiger partial charge in [0, 0.05) is 0 Å². The summed E-state index contributed by atoms with van der Waals surface area (Å²) in [5.41, 5.74) is 0. The minimum Gasteiger partial charge on any atom is -0.731 e. The van der Waals surface area contributed by atoms with Gasteiger partial charge in [0.2, 0.25) is 5.91 Å². The molecule has 0 fully saturated rings. The van der Waals surface area contributed by atoms with Gasteiger partial charge in [-0.15, -0.1) is 0 Å². The lowest BCUT2D eigenvalue weighted by Gasteiger charge is -2.06. The van der Waals surface area contributed by atoms with Crippen molar-refractivity contribution in [1.29, 1.82) is 0 Å². The molecule has 0 saturated carbocycles. The van der Waals surface area contributed by atoms with Crippen molar-refractivity contribution in [3.63, 3.8) is 0 Å². The Morgan fingerprint density at radius 3 is 2.18 bits per heavy atom. The van der Waals surface area contributed by atoms with Crippen LogP contribution in [0.2, 0.25) is 0 Å². The van der Waals surface area contributed by atoms with Crippen molar-refractivity contribution in [2.75, 3.05) is 0 Å². The molecule has 0 aromatic rings. The van der Waals surface area contributed by atoms with E-state index in [4.69, 9.17) is 0 Å². The van der Waals surface area contributed by atoms with Crippen LogP contribution in [0.15, 0.2) is 0 Å². The van der Waals surface area contributed by atoms with E-state index in [1.54, 1.807) is 0 Å². The molecule has 0 aromatic heterocycles. The lowest BCUT2D eigenvalue weighted by molar-refractivity contribution is -0.126. The van der Waals surface area contributed by atoms with Crippen molar-refractivity contribution in [1.82, 2.24) is 4.72 Å². The van der Waals surface area contributed by atoms with Crippen LogP contribution in [0.3, 0.4) is 0 Å². The topological polar surface area (TPSA) is 103 Å². The highest BCUT2D eigenvalue weighted by Gasteiger charge is 2.06. The molecule has 1 N–H and O–H groups in total. The maximum Gasteiger partial charge on any atom is 0.240 e. The first kappa shape index (κ1) is 10.0. The largest absolute Gasteiger partial charge is 0.731 e. The molecule has 0 spiro atoms. The number of rotatable bonds is 3. The maximum absolute atomic E-state index is 10.4. The van der Waals surface area contributed by atoms with Crippen LogP contribution in [0.1, 0.15) is 13.3 Å². The van der Waals surface area contributed by atoms with Gasteiger partial charge in [0.25, 0.3) is 0 Å². The summed E-state index contributed by atoms with van der Waals surface area (Å²) < 4.78 is 30.6. The number of carbonyl (C=O) groups is 2. The summed E-state index contributed by atoms with van der Waals surface area (Å²) in [6.07, 6.45) is -0.596. The summed E-state index contributed by atoms with van der Waals surface area (Å²) >= 11 is 0. The normalized spacial score (nSPS) is 10.7. The summed E-state index contributed by atoms with van der Waals surface area (Å²) in [4.78, 5) is 20.5. The van der Waals surface area contributed by atoms with Gasteiger partial charge < -0.3 is 4.55 Å². The number of carbonyl (C=O) groups excluding carboxylic acids is 2. The molecule has 0 rings (SSSR count). The Morgan fingerprint density at radius 2 is 1.91 bits per heavy atom. The Morgan fingerprint density at radius 1 is 1.45 bits per heavy atom. The van der Waals surface area contributed by atoms with E-state index in [1.807, 2.05) is 0 Å². The van der Waals surface area contributed by atoms with Gasteiger partial charge in [-0.2, -0.15) is 0 Å². The summed E-state index contributed by atoms with van der Waals surface area (Å²) in [5, 5.41) is 0. The van der Waals surface area contributed by atoms with Crippen molar-refractivity contribution in [2.45, 2.75) is 13.3 Å². The van der Waals surface area contributed by atoms with Gasteiger partial charge in [-0.05, 0) is 6.92 Å². The standard InChI is InChI=1S/C4H7NO5S/c1-3(6)2-4(7)5-11(8,9)10/h2H2,1H3,(H,5,7)(H,8,9,10)/p-1. The van der Waals surface area contributed by atoms with Gasteiger partial charge in [-0.3, -0.25) is 14.3 Å². The number of nitrogens with one attached hydrogen (secondary N) is 1. The van der Waals surface area contributed by atoms with E-state index in [2.05, 4.69) is 0 Å². The van der Waals surface area contributed by atoms with E-state index in [1.165, 1.54) is 0 Å². The molecule has 64 valence electrons. The molecule has 0 bridgehead atoms. The van der Waals surface area contributed by atoms with Crippen LogP contribution in [0.25, 0.3) is 0 Å². The van der Waals surface area contributed by atoms with Gasteiger partial charge in [0.05, 0.1) is 6.42 Å². The zero-order chi connectivity index (χ0) is 9.07. The molecule has 0 saturated heterocycles. The Kier molecular flexibility index (Phi) is 3.15. The highest BCUT2D eigenvalue weighted by Crippen LogP contribution is 1.83. The van der Waals surface area contributed by atoms with Crippen LogP contribution in [0, 0.1) is 0 Å². The highest BCUT2D eigenvalue weighted by atomic mass is 32.2. The Balaban J connectivity index is 4.01. The molecule has 7 heteroatoms. The summed E-state index contributed by atoms with van der Waals surface area (Å²) in [5.74, 6) is -1.61. The fraction of sp³-hybridized carbons (Fsp3) is 0.500. The monoisotopic (exact) mass is 180 g/mol. The highest BCUT2D eigenvalue weighted by molar-refractivity contribution is 7.84. The molecule has 0 radical (unpaired) electrons. The van der Waals surface area contributed by atoms with Gasteiger partial charge in [-0.25, -0.2) is 8.42 Å². The SMILES string of the molecule is CC(=O)CC(=O)NS(=O)(=O)[O-]. The molecule has 0 atom stereocenters. The van der Waals surface area contributed by atoms with E-state index < -0.39 is 28.4 Å². The number of hydrogen-bond donors (Lipinski definition) is 1. The predicted octanol–water partition coefficient (Wildman–Crippen LogP) is -1.46. The van der Waals surface area contributed by atoms with Crippen molar-refractivity contribution in [3.8, 4) is 0 Å². The number of hydrogen-bond acceptors (Lipinski definition) is 5. The third kappa shape index (κ3) is 6.94. The van der Waals surface area contributed by atoms with Crippen LogP contribution in [0.5, 0.6) is 0 Å². The Labute approximate surface area is 63.5 Å². The fourth-order valence-electron chi connectivity index (χ4n) is 0.402. The van der Waals surface area contributed by atoms with Gasteiger partial charge in [0.15, 0.2) is 10.3 Å². The van der Waals surface area contributed by atoms with Crippen molar-refractivity contribution in [2.24, 2.45) is 0 Å². The average Bonchev–Trinajstić information content (AvgIpc) is 1.53. The van der Waals surface area contributed by atoms with Crippen molar-refractivity contribution < 1.29 is 22.6 Å². The second-order valence-corrected chi connectivity index (χ2v) is 2.97. The van der Waals surface area contributed by atoms with Crippen LogP contribution in [-0.4, -0.2) is 24.7 Å². The minimum atomic E-state index is -4.77. The maximum atomic E-state index is 10.4. The van der Waals surface area contributed by atoms with E-state index in [0.717, 1.165) is 11.6 Å². The average molecular weight is 180 g/mol. The Hall–Kier alpha value is -0.950. The number of Topliss-reactive ketones (excluding diaryl/α,β-unsaturated/α-hetero) is 1. The number of amides is 1. The van der Waals surface area contributed by atoms with Crippen LogP contribution >= 0.6 is 0 Å². The first-order valence-corrected chi connectivity index (χ1v) is 3.98. The first-order chi connectivity index (χ1) is 4.81. The molecular weight excluding hydrogens is 174 g/mol. The lowest BCUT2D eigenvalue weighted by atomic mass is 10.3. The molecule has 1 amide bonds. The van der Waals surface area contributed by atoms with Crippen LogP contribution < -0.4 is 4.72 Å². The predicted molar refractivity (Wildman–Crippen MR) is 33.1 cm³/mol. The van der Waals surface area contributed by atoms with Crippen molar-refractivity contribution >= 4 is 22.0 Å². The van der Waals surface area contributed by atoms with Gasteiger partial charge in [0.1, 0.15) is 5.78 Å². The smallest absolute Gasteiger partial charge is 0.240 e. The minimum absolute atomic E-state index is 0.508. The second-order valence-electron chi connectivity index (χ2n) is 1.86. The zero-order valence-corrected chi connectivity index (χ0v) is 6.47. The molecule has 0 unspecified atom stereocenters. The van der Waals surface area contributed by atoms with E-state index in [-0.39, 0.29) is 0 Å². The Bertz CT molecular complexity index is 266. The molecule has 0 aromatic carbocycles. The molecule has 11 heavy (non-hydrogen) atoms. The van der Waals surface area contributed by atoms with E-state index in [0.29, 0.717) is 0 Å². The second kappa shape index (κ2) is 3.44. The molecular formula is C4H6NO5S-. The van der Waals surface area contributed by atoms with Crippen molar-refractivity contribution in [3.05, 3.63) is 0 Å². The molecule has 6 nitrogen and oxygen atoms in total. The fourth-order valence-corrected chi connectivity index (χ4v) is 0.753. The lowest BCUT2D eigenvalue weighted by Crippen LogP contribution is -2.30. The summed E-state index contributed by atoms with van der Waals surface area (Å²) in [6, 6.07) is 0.